The summed E-state index contributed by atoms with van der Waals surface area (Å²) < 4.78 is 11.3. The van der Waals surface area contributed by atoms with Crippen LogP contribution in [0.3, 0.4) is 0 Å². The van der Waals surface area contributed by atoms with Crippen molar-refractivity contribution < 1.29 is 14.3 Å². The summed E-state index contributed by atoms with van der Waals surface area (Å²) in [5, 5.41) is 0. The molecule has 4 atom stereocenters. The molecule has 1 amide bonds. The highest BCUT2D eigenvalue weighted by Gasteiger charge is 2.28. The lowest BCUT2D eigenvalue weighted by atomic mass is 10.1. The summed E-state index contributed by atoms with van der Waals surface area (Å²) in [7, 11) is 0. The molecule has 1 aliphatic rings. The van der Waals surface area contributed by atoms with Crippen molar-refractivity contribution in [2.24, 2.45) is 0 Å². The maximum atomic E-state index is 12.6. The van der Waals surface area contributed by atoms with Crippen LogP contribution in [0.2, 0.25) is 0 Å². The van der Waals surface area contributed by atoms with Gasteiger partial charge in [0, 0.05) is 18.7 Å². The Morgan fingerprint density at radius 2 is 1.85 bits per heavy atom. The molecule has 1 aliphatic heterocycles. The van der Waals surface area contributed by atoms with E-state index in [0.29, 0.717) is 6.61 Å². The molecule has 0 radical (unpaired) electrons. The topological polar surface area (TPSA) is 38.8 Å². The van der Waals surface area contributed by atoms with Gasteiger partial charge < -0.3 is 14.4 Å². The van der Waals surface area contributed by atoms with Gasteiger partial charge in [-0.1, -0.05) is 13.8 Å². The molecule has 118 valence electrons. The fourth-order valence-corrected chi connectivity index (χ4v) is 2.57. The first-order valence-electron chi connectivity index (χ1n) is 8.06. The molecular formula is C16H31NO3. The summed E-state index contributed by atoms with van der Waals surface area (Å²) in [4.78, 5) is 14.6. The number of hydrogen-bond donors (Lipinski definition) is 0. The van der Waals surface area contributed by atoms with E-state index in [-0.39, 0.29) is 30.2 Å². The minimum absolute atomic E-state index is 0.103. The van der Waals surface area contributed by atoms with Crippen LogP contribution in [0.1, 0.15) is 60.3 Å². The van der Waals surface area contributed by atoms with Gasteiger partial charge in [0.15, 0.2) is 0 Å². The monoisotopic (exact) mass is 285 g/mol. The standard InChI is InChI=1S/C16H31NO3/c1-6-12(3)17(13(4)7-2)16(18)14(5)20-11-15-9-8-10-19-15/h12-15H,6-11H2,1-5H3/t12-,13+,14-,15-/m0/s1. The number of carbonyl (C=O) groups excluding carboxylic acids is 1. The second-order valence-electron chi connectivity index (χ2n) is 5.87. The number of carbonyl (C=O) groups is 1. The van der Waals surface area contributed by atoms with Gasteiger partial charge in [-0.2, -0.15) is 0 Å². The zero-order chi connectivity index (χ0) is 15.1. The zero-order valence-corrected chi connectivity index (χ0v) is 13.7. The van der Waals surface area contributed by atoms with E-state index in [0.717, 1.165) is 32.3 Å². The second kappa shape index (κ2) is 8.63. The van der Waals surface area contributed by atoms with E-state index in [4.69, 9.17) is 9.47 Å². The van der Waals surface area contributed by atoms with Crippen LogP contribution >= 0.6 is 0 Å². The smallest absolute Gasteiger partial charge is 0.251 e. The summed E-state index contributed by atoms with van der Waals surface area (Å²) in [5.74, 6) is 0.103. The van der Waals surface area contributed by atoms with Crippen molar-refractivity contribution in [3.05, 3.63) is 0 Å². The van der Waals surface area contributed by atoms with Gasteiger partial charge >= 0.3 is 0 Å². The van der Waals surface area contributed by atoms with Gasteiger partial charge in [-0.25, -0.2) is 0 Å². The molecule has 4 heteroatoms. The molecule has 0 spiro atoms. The lowest BCUT2D eigenvalue weighted by Crippen LogP contribution is -2.49. The van der Waals surface area contributed by atoms with Gasteiger partial charge in [0.05, 0.1) is 12.7 Å². The van der Waals surface area contributed by atoms with Gasteiger partial charge in [0.1, 0.15) is 6.10 Å². The van der Waals surface area contributed by atoms with E-state index >= 15 is 0 Å². The van der Waals surface area contributed by atoms with Gasteiger partial charge in [-0.3, -0.25) is 4.79 Å². The van der Waals surface area contributed by atoms with Crippen LogP contribution in [0, 0.1) is 0 Å². The highest BCUT2D eigenvalue weighted by atomic mass is 16.5. The molecule has 1 heterocycles. The highest BCUT2D eigenvalue weighted by molar-refractivity contribution is 5.81. The molecule has 0 bridgehead atoms. The molecule has 0 saturated carbocycles. The Labute approximate surface area is 123 Å². The quantitative estimate of drug-likeness (QED) is 0.688. The average Bonchev–Trinajstić information content (AvgIpc) is 2.97. The number of rotatable bonds is 8. The SMILES string of the molecule is CC[C@@H](C)N(C(=O)[C@H](C)OC[C@@H]1CCCO1)[C@@H](C)CC. The van der Waals surface area contributed by atoms with Crippen LogP contribution in [0.4, 0.5) is 0 Å². The van der Waals surface area contributed by atoms with Crippen LogP contribution in [-0.4, -0.2) is 48.3 Å². The molecular weight excluding hydrogens is 254 g/mol. The fraction of sp³-hybridized carbons (Fsp3) is 0.938. The van der Waals surface area contributed by atoms with E-state index < -0.39 is 0 Å². The second-order valence-corrected chi connectivity index (χ2v) is 5.87. The number of ether oxygens (including phenoxy) is 2. The van der Waals surface area contributed by atoms with Crippen molar-refractivity contribution in [3.8, 4) is 0 Å². The van der Waals surface area contributed by atoms with Crippen molar-refractivity contribution in [2.75, 3.05) is 13.2 Å². The molecule has 0 unspecified atom stereocenters. The Balaban J connectivity index is 2.53. The molecule has 20 heavy (non-hydrogen) atoms. The van der Waals surface area contributed by atoms with Gasteiger partial charge in [-0.15, -0.1) is 0 Å². The van der Waals surface area contributed by atoms with E-state index in [1.807, 2.05) is 11.8 Å². The lowest BCUT2D eigenvalue weighted by Gasteiger charge is -2.36. The minimum atomic E-state index is -0.387. The van der Waals surface area contributed by atoms with E-state index in [2.05, 4.69) is 27.7 Å². The molecule has 0 aromatic carbocycles. The fourth-order valence-electron chi connectivity index (χ4n) is 2.57. The molecule has 0 aromatic heterocycles. The maximum absolute atomic E-state index is 12.6. The minimum Gasteiger partial charge on any atom is -0.376 e. The largest absolute Gasteiger partial charge is 0.376 e. The van der Waals surface area contributed by atoms with Crippen LogP contribution in [0.5, 0.6) is 0 Å². The lowest BCUT2D eigenvalue weighted by molar-refractivity contribution is -0.149. The molecule has 0 N–H and O–H groups in total. The normalized spacial score (nSPS) is 23.4. The van der Waals surface area contributed by atoms with Gasteiger partial charge in [-0.05, 0) is 46.5 Å². The van der Waals surface area contributed by atoms with E-state index in [1.165, 1.54) is 0 Å². The number of amides is 1. The van der Waals surface area contributed by atoms with Crippen LogP contribution < -0.4 is 0 Å². The Bertz CT molecular complexity index is 279. The maximum Gasteiger partial charge on any atom is 0.251 e. The van der Waals surface area contributed by atoms with Crippen molar-refractivity contribution in [1.29, 1.82) is 0 Å². The summed E-state index contributed by atoms with van der Waals surface area (Å²) >= 11 is 0. The number of nitrogens with zero attached hydrogens (tertiary/aromatic N) is 1. The third-order valence-electron chi connectivity index (χ3n) is 4.29. The third kappa shape index (κ3) is 4.74. The molecule has 1 fully saturated rings. The predicted molar refractivity (Wildman–Crippen MR) is 80.7 cm³/mol. The molecule has 1 rings (SSSR count). The number of hydrogen-bond acceptors (Lipinski definition) is 3. The zero-order valence-electron chi connectivity index (χ0n) is 13.7. The molecule has 0 aliphatic carbocycles. The summed E-state index contributed by atoms with van der Waals surface area (Å²) in [5.41, 5.74) is 0. The molecule has 0 aromatic rings. The summed E-state index contributed by atoms with van der Waals surface area (Å²) in [6, 6.07) is 0.512. The molecule has 4 nitrogen and oxygen atoms in total. The Kier molecular flexibility index (Phi) is 7.52. The van der Waals surface area contributed by atoms with E-state index in [9.17, 15) is 4.79 Å². The third-order valence-corrected chi connectivity index (χ3v) is 4.29. The first-order chi connectivity index (χ1) is 9.51. The van der Waals surface area contributed by atoms with E-state index in [1.54, 1.807) is 0 Å². The van der Waals surface area contributed by atoms with Crippen LogP contribution in [0.25, 0.3) is 0 Å². The van der Waals surface area contributed by atoms with Crippen molar-refractivity contribution in [1.82, 2.24) is 4.90 Å². The van der Waals surface area contributed by atoms with Crippen LogP contribution in [-0.2, 0) is 14.3 Å². The molecule has 1 saturated heterocycles. The predicted octanol–water partition coefficient (Wildman–Crippen LogP) is 3.00. The van der Waals surface area contributed by atoms with Gasteiger partial charge in [0.25, 0.3) is 5.91 Å². The Hall–Kier alpha value is -0.610. The Morgan fingerprint density at radius 3 is 2.30 bits per heavy atom. The average molecular weight is 285 g/mol. The van der Waals surface area contributed by atoms with Gasteiger partial charge in [0.2, 0.25) is 0 Å². The Morgan fingerprint density at radius 1 is 1.25 bits per heavy atom. The van der Waals surface area contributed by atoms with Crippen LogP contribution in [0.15, 0.2) is 0 Å². The highest BCUT2D eigenvalue weighted by Crippen LogP contribution is 2.17. The first-order valence-corrected chi connectivity index (χ1v) is 8.06. The summed E-state index contributed by atoms with van der Waals surface area (Å²) in [6.45, 7) is 11.7. The van der Waals surface area contributed by atoms with Crippen molar-refractivity contribution in [2.45, 2.75) is 84.6 Å². The van der Waals surface area contributed by atoms with Crippen molar-refractivity contribution >= 4 is 5.91 Å². The first kappa shape index (κ1) is 17.4. The van der Waals surface area contributed by atoms with Crippen molar-refractivity contribution in [3.63, 3.8) is 0 Å². The summed E-state index contributed by atoms with van der Waals surface area (Å²) in [6.07, 6.45) is 3.86.